The van der Waals surface area contributed by atoms with Gasteiger partial charge in [0.25, 0.3) is 0 Å². The molecule has 24 heavy (non-hydrogen) atoms. The van der Waals surface area contributed by atoms with Gasteiger partial charge < -0.3 is 4.90 Å². The molecule has 1 saturated heterocycles. The Bertz CT molecular complexity index is 778. The third-order valence-electron chi connectivity index (χ3n) is 4.16. The van der Waals surface area contributed by atoms with E-state index in [4.69, 9.17) is 0 Å². The number of rotatable bonds is 5. The van der Waals surface area contributed by atoms with Crippen LogP contribution >= 0.6 is 0 Å². The molecule has 0 saturated carbocycles. The number of halogens is 1. The van der Waals surface area contributed by atoms with Crippen molar-refractivity contribution in [2.24, 2.45) is 5.92 Å². The molecule has 1 aliphatic heterocycles. The van der Waals surface area contributed by atoms with E-state index in [2.05, 4.69) is 19.6 Å². The van der Waals surface area contributed by atoms with Gasteiger partial charge in [-0.2, -0.15) is 0 Å². The van der Waals surface area contributed by atoms with E-state index in [-0.39, 0.29) is 10.8 Å². The van der Waals surface area contributed by atoms with Crippen LogP contribution in [0.3, 0.4) is 0 Å². The quantitative estimate of drug-likeness (QED) is 0.890. The lowest BCUT2D eigenvalue weighted by Gasteiger charge is -2.32. The molecule has 6 nitrogen and oxygen atoms in total. The Morgan fingerprint density at radius 1 is 1.25 bits per heavy atom. The fraction of sp³-hybridized carbons (Fsp3) is 0.375. The zero-order valence-electron chi connectivity index (χ0n) is 13.1. The molecular formula is C16H19FN4O2S. The molecule has 128 valence electrons. The van der Waals surface area contributed by atoms with E-state index in [1.165, 1.54) is 18.2 Å². The fourth-order valence-electron chi connectivity index (χ4n) is 2.77. The normalized spacial score (nSPS) is 16.3. The maximum Gasteiger partial charge on any atom is 0.240 e. The summed E-state index contributed by atoms with van der Waals surface area (Å²) in [5, 5.41) is 0. The molecule has 8 heteroatoms. The molecule has 1 aromatic carbocycles. The van der Waals surface area contributed by atoms with Gasteiger partial charge in [0, 0.05) is 32.0 Å². The standard InChI is InChI=1S/C16H19FN4O2S/c17-14-2-1-3-15(10-14)24(22,23)20-11-13-4-8-21(9-5-13)16-12-18-6-7-19-16/h1-3,6-7,10,12-13,20H,4-5,8-9,11H2. The second-order valence-corrected chi connectivity index (χ2v) is 7.57. The lowest BCUT2D eigenvalue weighted by atomic mass is 9.97. The molecule has 1 N–H and O–H groups in total. The van der Waals surface area contributed by atoms with Gasteiger partial charge in [-0.25, -0.2) is 22.5 Å². The van der Waals surface area contributed by atoms with E-state index in [1.807, 2.05) is 0 Å². The van der Waals surface area contributed by atoms with Crippen LogP contribution in [0.5, 0.6) is 0 Å². The van der Waals surface area contributed by atoms with Crippen molar-refractivity contribution in [2.45, 2.75) is 17.7 Å². The van der Waals surface area contributed by atoms with E-state index in [0.717, 1.165) is 37.8 Å². The number of piperidine rings is 1. The maximum absolute atomic E-state index is 13.2. The van der Waals surface area contributed by atoms with Crippen LogP contribution in [0.15, 0.2) is 47.8 Å². The van der Waals surface area contributed by atoms with Crippen molar-refractivity contribution in [3.8, 4) is 0 Å². The first kappa shape index (κ1) is 16.8. The Hall–Kier alpha value is -2.06. The average molecular weight is 350 g/mol. The molecule has 1 aromatic heterocycles. The number of hydrogen-bond donors (Lipinski definition) is 1. The minimum absolute atomic E-state index is 0.0421. The molecule has 1 fully saturated rings. The van der Waals surface area contributed by atoms with Crippen molar-refractivity contribution in [3.05, 3.63) is 48.7 Å². The maximum atomic E-state index is 13.2. The van der Waals surface area contributed by atoms with Crippen molar-refractivity contribution in [1.29, 1.82) is 0 Å². The summed E-state index contributed by atoms with van der Waals surface area (Å²) < 4.78 is 40.2. The summed E-state index contributed by atoms with van der Waals surface area (Å²) in [5.41, 5.74) is 0. The Balaban J connectivity index is 1.53. The minimum atomic E-state index is -3.67. The molecule has 0 amide bonds. The van der Waals surface area contributed by atoms with E-state index >= 15 is 0 Å². The molecule has 0 aliphatic carbocycles. The monoisotopic (exact) mass is 350 g/mol. The molecule has 2 heterocycles. The molecule has 0 bridgehead atoms. The van der Waals surface area contributed by atoms with Crippen LogP contribution in [-0.4, -0.2) is 38.0 Å². The van der Waals surface area contributed by atoms with Crippen molar-refractivity contribution >= 4 is 15.8 Å². The highest BCUT2D eigenvalue weighted by Gasteiger charge is 2.22. The second-order valence-electron chi connectivity index (χ2n) is 5.80. The Morgan fingerprint density at radius 3 is 2.71 bits per heavy atom. The summed E-state index contributed by atoms with van der Waals surface area (Å²) in [6.07, 6.45) is 6.75. The topological polar surface area (TPSA) is 75.2 Å². The number of anilines is 1. The average Bonchev–Trinajstić information content (AvgIpc) is 2.61. The lowest BCUT2D eigenvalue weighted by Crippen LogP contribution is -2.39. The van der Waals surface area contributed by atoms with E-state index in [9.17, 15) is 12.8 Å². The Labute approximate surface area is 140 Å². The van der Waals surface area contributed by atoms with Gasteiger partial charge in [0.1, 0.15) is 11.6 Å². The summed E-state index contributed by atoms with van der Waals surface area (Å²) in [6, 6.07) is 5.03. The highest BCUT2D eigenvalue weighted by atomic mass is 32.2. The second kappa shape index (κ2) is 7.23. The van der Waals surface area contributed by atoms with Gasteiger partial charge >= 0.3 is 0 Å². The molecule has 0 unspecified atom stereocenters. The van der Waals surface area contributed by atoms with Crippen molar-refractivity contribution in [3.63, 3.8) is 0 Å². The van der Waals surface area contributed by atoms with Gasteiger partial charge in [-0.15, -0.1) is 0 Å². The molecule has 0 spiro atoms. The molecule has 2 aromatic rings. The van der Waals surface area contributed by atoms with E-state index < -0.39 is 15.8 Å². The van der Waals surface area contributed by atoms with Crippen LogP contribution in [0.1, 0.15) is 12.8 Å². The van der Waals surface area contributed by atoms with Crippen LogP contribution in [0.2, 0.25) is 0 Å². The highest BCUT2D eigenvalue weighted by molar-refractivity contribution is 7.89. The smallest absolute Gasteiger partial charge is 0.240 e. The predicted octanol–water partition coefficient (Wildman–Crippen LogP) is 1.81. The minimum Gasteiger partial charge on any atom is -0.355 e. The SMILES string of the molecule is O=S(=O)(NCC1CCN(c2cnccn2)CC1)c1cccc(F)c1. The fourth-order valence-corrected chi connectivity index (χ4v) is 3.91. The highest BCUT2D eigenvalue weighted by Crippen LogP contribution is 2.21. The first-order valence-corrected chi connectivity index (χ1v) is 9.29. The number of benzene rings is 1. The molecule has 0 radical (unpaired) electrons. The van der Waals surface area contributed by atoms with Gasteiger partial charge in [0.15, 0.2) is 0 Å². The predicted molar refractivity (Wildman–Crippen MR) is 88.6 cm³/mol. The zero-order chi connectivity index (χ0) is 17.0. The van der Waals surface area contributed by atoms with Crippen molar-refractivity contribution in [1.82, 2.24) is 14.7 Å². The number of aromatic nitrogens is 2. The zero-order valence-corrected chi connectivity index (χ0v) is 13.9. The Morgan fingerprint density at radius 2 is 2.04 bits per heavy atom. The van der Waals surface area contributed by atoms with Gasteiger partial charge in [0.05, 0.1) is 11.1 Å². The van der Waals surface area contributed by atoms with Crippen molar-refractivity contribution in [2.75, 3.05) is 24.5 Å². The van der Waals surface area contributed by atoms with Crippen molar-refractivity contribution < 1.29 is 12.8 Å². The third kappa shape index (κ3) is 4.07. The lowest BCUT2D eigenvalue weighted by molar-refractivity contribution is 0.400. The summed E-state index contributed by atoms with van der Waals surface area (Å²) in [4.78, 5) is 10.4. The largest absolute Gasteiger partial charge is 0.355 e. The summed E-state index contributed by atoms with van der Waals surface area (Å²) >= 11 is 0. The van der Waals surface area contributed by atoms with Gasteiger partial charge in [-0.05, 0) is 37.0 Å². The van der Waals surface area contributed by atoms with Crippen LogP contribution in [0, 0.1) is 11.7 Å². The van der Waals surface area contributed by atoms with Crippen LogP contribution in [0.4, 0.5) is 10.2 Å². The summed E-state index contributed by atoms with van der Waals surface area (Å²) in [6.45, 7) is 1.98. The number of nitrogens with one attached hydrogen (secondary N) is 1. The van der Waals surface area contributed by atoms with Gasteiger partial charge in [-0.3, -0.25) is 4.98 Å². The first-order valence-electron chi connectivity index (χ1n) is 7.81. The van der Waals surface area contributed by atoms with Gasteiger partial charge in [0.2, 0.25) is 10.0 Å². The molecule has 3 rings (SSSR count). The molecule has 1 aliphatic rings. The van der Waals surface area contributed by atoms with Crippen LogP contribution < -0.4 is 9.62 Å². The number of nitrogens with zero attached hydrogens (tertiary/aromatic N) is 3. The third-order valence-corrected chi connectivity index (χ3v) is 5.58. The van der Waals surface area contributed by atoms with Gasteiger partial charge in [-0.1, -0.05) is 6.07 Å². The summed E-state index contributed by atoms with van der Waals surface area (Å²) in [5.74, 6) is 0.535. The molecular weight excluding hydrogens is 331 g/mol. The number of sulfonamides is 1. The number of hydrogen-bond acceptors (Lipinski definition) is 5. The van der Waals surface area contributed by atoms with Crippen LogP contribution in [0.25, 0.3) is 0 Å². The Kier molecular flexibility index (Phi) is 5.06. The molecule has 0 atom stereocenters. The summed E-state index contributed by atoms with van der Waals surface area (Å²) in [7, 11) is -3.67. The van der Waals surface area contributed by atoms with E-state index in [0.29, 0.717) is 6.54 Å². The van der Waals surface area contributed by atoms with Crippen LogP contribution in [-0.2, 0) is 10.0 Å². The first-order chi connectivity index (χ1) is 11.5. The van der Waals surface area contributed by atoms with E-state index in [1.54, 1.807) is 18.6 Å².